The van der Waals surface area contributed by atoms with Crippen LogP contribution in [0.4, 0.5) is 0 Å². The van der Waals surface area contributed by atoms with Gasteiger partial charge in [-0.1, -0.05) is 12.2 Å². The third-order valence-corrected chi connectivity index (χ3v) is 5.33. The summed E-state index contributed by atoms with van der Waals surface area (Å²) in [5.41, 5.74) is -1.70. The molecule has 2 aliphatic heterocycles. The van der Waals surface area contributed by atoms with Crippen molar-refractivity contribution < 1.29 is 54.4 Å². The van der Waals surface area contributed by atoms with Crippen LogP contribution in [-0.4, -0.2) is 99.5 Å². The molecule has 0 aromatic rings. The van der Waals surface area contributed by atoms with Crippen molar-refractivity contribution in [3.05, 3.63) is 24.0 Å². The van der Waals surface area contributed by atoms with Crippen molar-refractivity contribution in [2.45, 2.75) is 42.6 Å². The molecule has 0 aromatic carbocycles. The van der Waals surface area contributed by atoms with E-state index in [0.717, 1.165) is 6.26 Å². The number of fused-ring (bicyclic) bond motifs is 1. The number of esters is 1. The zero-order valence-corrected chi connectivity index (χ0v) is 15.0. The SMILES string of the molecule is COC(=O)C1=CO[C@H](O[C@H]2O[C@@H](CO)[C@@H](O)[C@@H](O)[C@@H]2O)[C@@H]2[C@@H]1C=C[C@@]2(O)CO. The number of rotatable bonds is 5. The molecular weight excluding hydrogens is 380 g/mol. The zero-order valence-electron chi connectivity index (χ0n) is 15.0. The van der Waals surface area contributed by atoms with Crippen molar-refractivity contribution in [2.24, 2.45) is 11.8 Å². The molecule has 0 bridgehead atoms. The van der Waals surface area contributed by atoms with Gasteiger partial charge in [0.2, 0.25) is 6.29 Å². The van der Waals surface area contributed by atoms with E-state index in [-0.39, 0.29) is 5.57 Å². The number of hydrogen-bond acceptors (Lipinski definition) is 11. The average molecular weight is 404 g/mol. The van der Waals surface area contributed by atoms with E-state index in [1.165, 1.54) is 19.3 Å². The van der Waals surface area contributed by atoms with Crippen LogP contribution >= 0.6 is 0 Å². The van der Waals surface area contributed by atoms with Crippen molar-refractivity contribution in [3.63, 3.8) is 0 Å². The first kappa shape index (κ1) is 21.1. The Bertz CT molecular complexity index is 647. The van der Waals surface area contributed by atoms with Gasteiger partial charge in [0.15, 0.2) is 6.29 Å². The van der Waals surface area contributed by atoms with Crippen LogP contribution in [0.1, 0.15) is 0 Å². The Morgan fingerprint density at radius 3 is 2.50 bits per heavy atom. The van der Waals surface area contributed by atoms with E-state index in [1.54, 1.807) is 0 Å². The highest BCUT2D eigenvalue weighted by Gasteiger charge is 2.55. The smallest absolute Gasteiger partial charge is 0.337 e. The zero-order chi connectivity index (χ0) is 20.6. The molecule has 1 fully saturated rings. The molecule has 3 rings (SSSR count). The topological polar surface area (TPSA) is 175 Å². The summed E-state index contributed by atoms with van der Waals surface area (Å²) in [7, 11) is 1.19. The monoisotopic (exact) mass is 404 g/mol. The molecular formula is C17H24O11. The number of carbonyl (C=O) groups is 1. The Morgan fingerprint density at radius 1 is 1.18 bits per heavy atom. The van der Waals surface area contributed by atoms with Crippen LogP contribution in [0.25, 0.3) is 0 Å². The first-order valence-corrected chi connectivity index (χ1v) is 8.69. The molecule has 6 N–H and O–H groups in total. The average Bonchev–Trinajstić information content (AvgIpc) is 3.06. The lowest BCUT2D eigenvalue weighted by Crippen LogP contribution is -2.61. The summed E-state index contributed by atoms with van der Waals surface area (Å²) < 4.78 is 21.0. The molecule has 1 aliphatic carbocycles. The van der Waals surface area contributed by atoms with E-state index >= 15 is 0 Å². The molecule has 11 nitrogen and oxygen atoms in total. The van der Waals surface area contributed by atoms with Crippen molar-refractivity contribution in [1.82, 2.24) is 0 Å². The predicted octanol–water partition coefficient (Wildman–Crippen LogP) is -3.26. The van der Waals surface area contributed by atoms with Gasteiger partial charge in [-0.2, -0.15) is 0 Å². The minimum Gasteiger partial charge on any atom is -0.471 e. The van der Waals surface area contributed by atoms with Crippen molar-refractivity contribution in [2.75, 3.05) is 20.3 Å². The highest BCUT2D eigenvalue weighted by Crippen LogP contribution is 2.45. The molecule has 2 heterocycles. The fourth-order valence-corrected chi connectivity index (χ4v) is 3.71. The number of methoxy groups -OCH3 is 1. The number of allylic oxidation sites excluding steroid dienone is 1. The van der Waals surface area contributed by atoms with Crippen LogP contribution in [0.3, 0.4) is 0 Å². The second kappa shape index (κ2) is 8.05. The third kappa shape index (κ3) is 3.44. The lowest BCUT2D eigenvalue weighted by molar-refractivity contribution is -0.346. The summed E-state index contributed by atoms with van der Waals surface area (Å²) in [6.07, 6.45) is -4.99. The highest BCUT2D eigenvalue weighted by atomic mass is 16.8. The lowest BCUT2D eigenvalue weighted by atomic mass is 9.79. The molecule has 11 heteroatoms. The Hall–Kier alpha value is -1.57. The second-order valence-corrected chi connectivity index (χ2v) is 6.96. The molecule has 0 amide bonds. The molecule has 0 saturated carbocycles. The van der Waals surface area contributed by atoms with Gasteiger partial charge in [0.1, 0.15) is 30.0 Å². The quantitative estimate of drug-likeness (QED) is 0.200. The summed E-state index contributed by atoms with van der Waals surface area (Å²) in [4.78, 5) is 12.0. The van der Waals surface area contributed by atoms with Gasteiger partial charge in [-0.25, -0.2) is 4.79 Å². The Morgan fingerprint density at radius 2 is 1.89 bits per heavy atom. The largest absolute Gasteiger partial charge is 0.471 e. The summed E-state index contributed by atoms with van der Waals surface area (Å²) >= 11 is 0. The predicted molar refractivity (Wildman–Crippen MR) is 88.0 cm³/mol. The number of aliphatic hydroxyl groups excluding tert-OH is 5. The van der Waals surface area contributed by atoms with E-state index in [9.17, 15) is 35.4 Å². The normalized spacial score (nSPS) is 45.2. The summed E-state index contributed by atoms with van der Waals surface area (Å²) in [6, 6.07) is 0. The Kier molecular flexibility index (Phi) is 6.08. The standard InChI is InChI=1S/C17H24O11/c1-25-14(23)8-5-26-15(10-7(8)2-3-17(10,24)6-19)28-16-13(22)12(21)11(20)9(4-18)27-16/h2-3,5,7,9-13,15-16,18-22,24H,4,6H2,1H3/t7-,9+,10+,11-,12-,13+,15-,16-,17-/m1/s1. The molecule has 0 radical (unpaired) electrons. The first-order valence-electron chi connectivity index (χ1n) is 8.69. The fraction of sp³-hybridized carbons (Fsp3) is 0.706. The minimum absolute atomic E-state index is 0.0989. The Balaban J connectivity index is 1.85. The summed E-state index contributed by atoms with van der Waals surface area (Å²) in [5.74, 6) is -2.40. The molecule has 0 aromatic heterocycles. The summed E-state index contributed by atoms with van der Waals surface area (Å²) in [5, 5.41) is 59.5. The van der Waals surface area contributed by atoms with Crippen LogP contribution in [-0.2, 0) is 23.7 Å². The van der Waals surface area contributed by atoms with Gasteiger partial charge in [-0.3, -0.25) is 0 Å². The number of hydrogen-bond donors (Lipinski definition) is 6. The lowest BCUT2D eigenvalue weighted by Gasteiger charge is -2.44. The molecule has 28 heavy (non-hydrogen) atoms. The maximum absolute atomic E-state index is 12.0. The molecule has 0 unspecified atom stereocenters. The van der Waals surface area contributed by atoms with Crippen LogP contribution in [0.2, 0.25) is 0 Å². The summed E-state index contributed by atoms with van der Waals surface area (Å²) in [6.45, 7) is -1.34. The first-order chi connectivity index (χ1) is 13.3. The molecule has 3 aliphatic rings. The molecule has 1 saturated heterocycles. The van der Waals surface area contributed by atoms with Crippen molar-refractivity contribution in [1.29, 1.82) is 0 Å². The van der Waals surface area contributed by atoms with E-state index in [0.29, 0.717) is 0 Å². The van der Waals surface area contributed by atoms with Crippen molar-refractivity contribution in [3.8, 4) is 0 Å². The third-order valence-electron chi connectivity index (χ3n) is 5.33. The number of ether oxygens (including phenoxy) is 4. The maximum Gasteiger partial charge on any atom is 0.337 e. The van der Waals surface area contributed by atoms with Gasteiger partial charge in [0.25, 0.3) is 0 Å². The van der Waals surface area contributed by atoms with Crippen LogP contribution in [0, 0.1) is 11.8 Å². The fourth-order valence-electron chi connectivity index (χ4n) is 3.71. The highest BCUT2D eigenvalue weighted by molar-refractivity contribution is 5.89. The minimum atomic E-state index is -1.79. The van der Waals surface area contributed by atoms with Crippen molar-refractivity contribution >= 4 is 5.97 Å². The van der Waals surface area contributed by atoms with E-state index in [1.807, 2.05) is 0 Å². The van der Waals surface area contributed by atoms with Crippen LogP contribution < -0.4 is 0 Å². The van der Waals surface area contributed by atoms with E-state index in [4.69, 9.17) is 18.9 Å². The molecule has 158 valence electrons. The van der Waals surface area contributed by atoms with Crippen LogP contribution in [0.5, 0.6) is 0 Å². The Labute approximate surface area is 160 Å². The van der Waals surface area contributed by atoms with E-state index in [2.05, 4.69) is 0 Å². The number of carbonyl (C=O) groups excluding carboxylic acids is 1. The van der Waals surface area contributed by atoms with Gasteiger partial charge in [-0.05, 0) is 0 Å². The van der Waals surface area contributed by atoms with Crippen LogP contribution in [0.15, 0.2) is 24.0 Å². The van der Waals surface area contributed by atoms with Gasteiger partial charge in [0.05, 0.1) is 38.1 Å². The second-order valence-electron chi connectivity index (χ2n) is 6.96. The molecule has 9 atom stereocenters. The molecule has 0 spiro atoms. The number of aliphatic hydroxyl groups is 6. The van der Waals surface area contributed by atoms with Gasteiger partial charge in [0, 0.05) is 5.92 Å². The van der Waals surface area contributed by atoms with Gasteiger partial charge in [-0.15, -0.1) is 0 Å². The maximum atomic E-state index is 12.0. The van der Waals surface area contributed by atoms with Gasteiger partial charge < -0.3 is 49.6 Å². The van der Waals surface area contributed by atoms with Gasteiger partial charge >= 0.3 is 5.97 Å². The van der Waals surface area contributed by atoms with E-state index < -0.39 is 73.6 Å².